The van der Waals surface area contributed by atoms with Crippen molar-refractivity contribution < 1.29 is 17.9 Å². The zero-order chi connectivity index (χ0) is 11.8. The summed E-state index contributed by atoms with van der Waals surface area (Å²) in [6, 6.07) is 6.33. The van der Waals surface area contributed by atoms with E-state index in [1.807, 2.05) is 0 Å². The largest absolute Gasteiger partial charge is 0.466 e. The number of fused-ring (bicyclic) bond motifs is 1. The minimum Gasteiger partial charge on any atom is -0.466 e. The van der Waals surface area contributed by atoms with Gasteiger partial charge in [0.05, 0.1) is 12.8 Å². The highest BCUT2D eigenvalue weighted by Gasteiger charge is 2.33. The number of rotatable bonds is 1. The van der Waals surface area contributed by atoms with E-state index >= 15 is 0 Å². The molecule has 1 aromatic carbocycles. The average molecular weight is 242 g/mol. The first-order valence-electron chi connectivity index (χ1n) is 4.50. The molecule has 1 aromatic rings. The van der Waals surface area contributed by atoms with Gasteiger partial charge in [-0.2, -0.15) is 4.72 Å². The molecule has 1 aliphatic rings. The lowest BCUT2D eigenvalue weighted by Gasteiger charge is -2.25. The molecule has 0 radical (unpaired) electrons. The van der Waals surface area contributed by atoms with Gasteiger partial charge < -0.3 is 10.1 Å². The molecule has 7 heteroatoms. The second-order valence-corrected chi connectivity index (χ2v) is 4.90. The number of carbonyl (C=O) groups excluding carboxylic acids is 1. The number of sulfonamides is 1. The van der Waals surface area contributed by atoms with E-state index in [0.717, 1.165) is 0 Å². The number of methoxy groups -OCH3 is 1. The molecule has 0 bridgehead atoms. The molecule has 1 atom stereocenters. The Hall–Kier alpha value is -1.60. The van der Waals surface area contributed by atoms with Crippen LogP contribution in [0.4, 0.5) is 5.69 Å². The van der Waals surface area contributed by atoms with Gasteiger partial charge in [-0.15, -0.1) is 0 Å². The lowest BCUT2D eigenvalue weighted by Crippen LogP contribution is -2.50. The van der Waals surface area contributed by atoms with Crippen LogP contribution in [0.3, 0.4) is 0 Å². The first-order valence-corrected chi connectivity index (χ1v) is 5.98. The van der Waals surface area contributed by atoms with Crippen LogP contribution in [0, 0.1) is 0 Å². The Kier molecular flexibility index (Phi) is 2.56. The topological polar surface area (TPSA) is 84.5 Å². The fourth-order valence-electron chi connectivity index (χ4n) is 1.45. The van der Waals surface area contributed by atoms with Gasteiger partial charge in [-0.05, 0) is 12.1 Å². The number of hydrogen-bond donors (Lipinski definition) is 2. The van der Waals surface area contributed by atoms with Crippen LogP contribution in [0.2, 0.25) is 0 Å². The normalized spacial score (nSPS) is 21.7. The Balaban J connectivity index is 2.45. The Morgan fingerprint density at radius 1 is 1.38 bits per heavy atom. The zero-order valence-corrected chi connectivity index (χ0v) is 9.24. The molecule has 1 unspecified atom stereocenters. The van der Waals surface area contributed by atoms with Crippen LogP contribution < -0.4 is 10.0 Å². The summed E-state index contributed by atoms with van der Waals surface area (Å²) < 4.78 is 30.1. The number of para-hydroxylation sites is 1. The summed E-state index contributed by atoms with van der Waals surface area (Å²) in [5.74, 6) is -0.682. The quantitative estimate of drug-likeness (QED) is 0.671. The molecule has 0 saturated carbocycles. The van der Waals surface area contributed by atoms with Crippen LogP contribution in [-0.4, -0.2) is 27.7 Å². The van der Waals surface area contributed by atoms with Crippen LogP contribution in [-0.2, 0) is 19.6 Å². The number of nitrogens with one attached hydrogen (secondary N) is 2. The lowest BCUT2D eigenvalue weighted by atomic mass is 10.3. The molecule has 0 saturated heterocycles. The summed E-state index contributed by atoms with van der Waals surface area (Å²) in [5.41, 5.74) is 0.386. The first-order chi connectivity index (χ1) is 7.54. The van der Waals surface area contributed by atoms with Gasteiger partial charge in [-0.25, -0.2) is 13.2 Å². The van der Waals surface area contributed by atoms with Crippen molar-refractivity contribution in [1.29, 1.82) is 0 Å². The van der Waals surface area contributed by atoms with Crippen LogP contribution >= 0.6 is 0 Å². The third-order valence-electron chi connectivity index (χ3n) is 2.19. The summed E-state index contributed by atoms with van der Waals surface area (Å²) in [4.78, 5) is 11.4. The first kappa shape index (κ1) is 10.9. The molecular weight excluding hydrogens is 232 g/mol. The van der Waals surface area contributed by atoms with E-state index in [9.17, 15) is 13.2 Å². The van der Waals surface area contributed by atoms with Crippen molar-refractivity contribution in [2.75, 3.05) is 12.4 Å². The number of carbonyl (C=O) groups is 1. The van der Waals surface area contributed by atoms with E-state index < -0.39 is 22.2 Å². The standard InChI is InChI=1S/C9H10N2O4S/c1-15-9(12)8-10-6-4-2-3-5-7(6)16(13,14)11-8/h2-5,8,10-11H,1H3. The van der Waals surface area contributed by atoms with Gasteiger partial charge in [-0.1, -0.05) is 12.1 Å². The number of anilines is 1. The van der Waals surface area contributed by atoms with Gasteiger partial charge in [0.1, 0.15) is 4.90 Å². The number of benzene rings is 1. The Morgan fingerprint density at radius 2 is 2.06 bits per heavy atom. The highest BCUT2D eigenvalue weighted by molar-refractivity contribution is 7.89. The van der Waals surface area contributed by atoms with Crippen molar-refractivity contribution in [3.05, 3.63) is 24.3 Å². The van der Waals surface area contributed by atoms with E-state index in [4.69, 9.17) is 0 Å². The molecule has 0 spiro atoms. The summed E-state index contributed by atoms with van der Waals surface area (Å²) in [6.07, 6.45) is -1.08. The molecule has 0 aromatic heterocycles. The van der Waals surface area contributed by atoms with E-state index in [-0.39, 0.29) is 4.90 Å². The molecule has 6 nitrogen and oxygen atoms in total. The zero-order valence-electron chi connectivity index (χ0n) is 8.43. The second-order valence-electron chi connectivity index (χ2n) is 3.22. The van der Waals surface area contributed by atoms with Crippen LogP contribution in [0.5, 0.6) is 0 Å². The fraction of sp³-hybridized carbons (Fsp3) is 0.222. The molecule has 2 N–H and O–H groups in total. The fourth-order valence-corrected chi connectivity index (χ4v) is 2.72. The van der Waals surface area contributed by atoms with E-state index in [0.29, 0.717) is 5.69 Å². The maximum atomic E-state index is 11.7. The van der Waals surface area contributed by atoms with Gasteiger partial charge in [0.15, 0.2) is 6.17 Å². The van der Waals surface area contributed by atoms with Crippen LogP contribution in [0.1, 0.15) is 0 Å². The summed E-state index contributed by atoms with van der Waals surface area (Å²) in [7, 11) is -2.47. The molecule has 0 fully saturated rings. The van der Waals surface area contributed by atoms with Crippen LogP contribution in [0.25, 0.3) is 0 Å². The molecule has 1 aliphatic heterocycles. The predicted molar refractivity (Wildman–Crippen MR) is 56.2 cm³/mol. The number of esters is 1. The maximum absolute atomic E-state index is 11.7. The van der Waals surface area contributed by atoms with Crippen molar-refractivity contribution in [2.45, 2.75) is 11.1 Å². The molecule has 2 rings (SSSR count). The molecule has 86 valence electrons. The van der Waals surface area contributed by atoms with Crippen molar-refractivity contribution in [2.24, 2.45) is 0 Å². The monoisotopic (exact) mass is 242 g/mol. The summed E-state index contributed by atoms with van der Waals surface area (Å²) in [6.45, 7) is 0. The number of hydrogen-bond acceptors (Lipinski definition) is 5. The number of ether oxygens (including phenoxy) is 1. The van der Waals surface area contributed by atoms with Crippen molar-refractivity contribution in [3.63, 3.8) is 0 Å². The van der Waals surface area contributed by atoms with E-state index in [2.05, 4.69) is 14.8 Å². The molecule has 16 heavy (non-hydrogen) atoms. The van der Waals surface area contributed by atoms with Crippen molar-refractivity contribution in [3.8, 4) is 0 Å². The molecule has 1 heterocycles. The van der Waals surface area contributed by atoms with Gasteiger partial charge in [0.25, 0.3) is 0 Å². The minimum absolute atomic E-state index is 0.121. The van der Waals surface area contributed by atoms with Gasteiger partial charge in [0, 0.05) is 0 Å². The van der Waals surface area contributed by atoms with Crippen molar-refractivity contribution >= 4 is 21.7 Å². The third-order valence-corrected chi connectivity index (χ3v) is 3.67. The highest BCUT2D eigenvalue weighted by atomic mass is 32.2. The molecular formula is C9H10N2O4S. The smallest absolute Gasteiger partial charge is 0.344 e. The van der Waals surface area contributed by atoms with Gasteiger partial charge in [0.2, 0.25) is 10.0 Å². The van der Waals surface area contributed by atoms with Crippen LogP contribution in [0.15, 0.2) is 29.2 Å². The molecule has 0 aliphatic carbocycles. The summed E-state index contributed by atoms with van der Waals surface area (Å²) in [5, 5.41) is 2.74. The lowest BCUT2D eigenvalue weighted by molar-refractivity contribution is -0.141. The minimum atomic E-state index is -3.66. The summed E-state index contributed by atoms with van der Waals surface area (Å²) >= 11 is 0. The van der Waals surface area contributed by atoms with E-state index in [1.165, 1.54) is 13.2 Å². The molecule has 0 amide bonds. The van der Waals surface area contributed by atoms with E-state index in [1.54, 1.807) is 18.2 Å². The van der Waals surface area contributed by atoms with Crippen molar-refractivity contribution in [1.82, 2.24) is 4.72 Å². The average Bonchev–Trinajstić information content (AvgIpc) is 2.27. The Labute approximate surface area is 92.7 Å². The highest BCUT2D eigenvalue weighted by Crippen LogP contribution is 2.25. The van der Waals surface area contributed by atoms with Gasteiger partial charge in [-0.3, -0.25) is 0 Å². The van der Waals surface area contributed by atoms with Gasteiger partial charge >= 0.3 is 5.97 Å². The predicted octanol–water partition coefficient (Wildman–Crippen LogP) is -0.111. The Bertz CT molecular complexity index is 526. The maximum Gasteiger partial charge on any atom is 0.344 e. The SMILES string of the molecule is COC(=O)C1Nc2ccccc2S(=O)(=O)N1. The second kappa shape index (κ2) is 3.76. The Morgan fingerprint density at radius 3 is 2.75 bits per heavy atom. The third kappa shape index (κ3) is 1.74.